The van der Waals surface area contributed by atoms with Gasteiger partial charge in [-0.3, -0.25) is 14.6 Å². The summed E-state index contributed by atoms with van der Waals surface area (Å²) in [6.45, 7) is 1.90. The topological polar surface area (TPSA) is 127 Å². The van der Waals surface area contributed by atoms with Crippen molar-refractivity contribution in [3.8, 4) is 5.75 Å². The normalized spacial score (nSPS) is 12.4. The molecular weight excluding hydrogens is 578 g/mol. The zero-order valence-corrected chi connectivity index (χ0v) is 25.7. The predicted octanol–water partition coefficient (Wildman–Crippen LogP) is 5.35. The molecule has 232 valence electrons. The number of fused-ring (bicyclic) bond motifs is 1. The maximum Gasteiger partial charge on any atom is 0.270 e. The number of amides is 2. The summed E-state index contributed by atoms with van der Waals surface area (Å²) < 4.78 is 7.39. The summed E-state index contributed by atoms with van der Waals surface area (Å²) in [6.07, 6.45) is 4.50. The third kappa shape index (κ3) is 6.96. The zero-order chi connectivity index (χ0) is 31.9. The van der Waals surface area contributed by atoms with E-state index in [2.05, 4.69) is 31.8 Å². The lowest BCUT2D eigenvalue weighted by atomic mass is 10.0. The number of ether oxygens (including phenoxy) is 1. The first kappa shape index (κ1) is 30.3. The monoisotopic (exact) mass is 613 g/mol. The molecule has 0 aliphatic heterocycles. The van der Waals surface area contributed by atoms with E-state index in [0.717, 1.165) is 33.3 Å². The van der Waals surface area contributed by atoms with Gasteiger partial charge < -0.3 is 24.9 Å². The smallest absolute Gasteiger partial charge is 0.270 e. The van der Waals surface area contributed by atoms with Crippen LogP contribution in [0.1, 0.15) is 57.8 Å². The van der Waals surface area contributed by atoms with Gasteiger partial charge in [-0.15, -0.1) is 10.2 Å². The van der Waals surface area contributed by atoms with Gasteiger partial charge in [-0.2, -0.15) is 0 Å². The highest BCUT2D eigenvalue weighted by molar-refractivity contribution is 5.92. The Morgan fingerprint density at radius 1 is 0.804 bits per heavy atom. The molecule has 0 bridgehead atoms. The fourth-order valence-corrected chi connectivity index (χ4v) is 5.68. The van der Waals surface area contributed by atoms with Gasteiger partial charge in [-0.1, -0.05) is 66.7 Å². The quantitative estimate of drug-likeness (QED) is 0.171. The summed E-state index contributed by atoms with van der Waals surface area (Å²) in [5, 5.41) is 16.7. The second-order valence-corrected chi connectivity index (χ2v) is 11.1. The van der Waals surface area contributed by atoms with Crippen LogP contribution in [0.25, 0.3) is 10.9 Å². The van der Waals surface area contributed by atoms with Crippen molar-refractivity contribution in [3.05, 3.63) is 143 Å². The molecule has 6 aromatic rings. The summed E-state index contributed by atoms with van der Waals surface area (Å²) >= 11 is 0. The Kier molecular flexibility index (Phi) is 9.14. The van der Waals surface area contributed by atoms with Crippen LogP contribution in [0.4, 0.5) is 0 Å². The molecule has 10 heteroatoms. The number of nitrogens with zero attached hydrogens (tertiary/aromatic N) is 4. The van der Waals surface area contributed by atoms with E-state index in [1.807, 2.05) is 83.6 Å². The maximum absolute atomic E-state index is 13.6. The van der Waals surface area contributed by atoms with Crippen molar-refractivity contribution in [3.63, 3.8) is 0 Å². The maximum atomic E-state index is 13.6. The van der Waals surface area contributed by atoms with Gasteiger partial charge >= 0.3 is 0 Å². The number of aromatic nitrogens is 5. The number of carbonyl (C=O) groups is 2. The minimum atomic E-state index is -0.581. The van der Waals surface area contributed by atoms with Gasteiger partial charge in [0.1, 0.15) is 11.4 Å². The van der Waals surface area contributed by atoms with Crippen LogP contribution >= 0.6 is 0 Å². The Hall–Kier alpha value is -5.77. The number of hydrogen-bond donors (Lipinski definition) is 3. The molecule has 3 aromatic carbocycles. The molecule has 6 rings (SSSR count). The highest BCUT2D eigenvalue weighted by atomic mass is 16.5. The number of pyridine rings is 1. The molecule has 0 spiro atoms. The van der Waals surface area contributed by atoms with Gasteiger partial charge in [0.2, 0.25) is 5.91 Å². The second-order valence-electron chi connectivity index (χ2n) is 11.1. The first-order valence-corrected chi connectivity index (χ1v) is 15.1. The second kappa shape index (κ2) is 13.9. The predicted molar refractivity (Wildman–Crippen MR) is 175 cm³/mol. The molecule has 0 aliphatic rings. The lowest BCUT2D eigenvalue weighted by Crippen LogP contribution is -2.34. The van der Waals surface area contributed by atoms with E-state index >= 15 is 0 Å². The van der Waals surface area contributed by atoms with Gasteiger partial charge in [0, 0.05) is 36.6 Å². The van der Waals surface area contributed by atoms with Crippen molar-refractivity contribution in [2.24, 2.45) is 0 Å². The lowest BCUT2D eigenvalue weighted by Gasteiger charge is -2.23. The molecule has 3 heterocycles. The Labute approximate surface area is 266 Å². The summed E-state index contributed by atoms with van der Waals surface area (Å²) in [6, 6.07) is 29.9. The molecule has 0 radical (unpaired) electrons. The van der Waals surface area contributed by atoms with Crippen LogP contribution in [0.15, 0.2) is 109 Å². The highest BCUT2D eigenvalue weighted by Gasteiger charge is 2.29. The van der Waals surface area contributed by atoms with Crippen LogP contribution in [-0.2, 0) is 24.2 Å². The molecular formula is C36H35N7O3. The first-order valence-electron chi connectivity index (χ1n) is 15.1. The van der Waals surface area contributed by atoms with Crippen LogP contribution < -0.4 is 15.4 Å². The van der Waals surface area contributed by atoms with Crippen molar-refractivity contribution in [2.75, 3.05) is 7.11 Å². The number of benzene rings is 3. The van der Waals surface area contributed by atoms with Gasteiger partial charge in [-0.25, -0.2) is 0 Å². The number of H-pyrrole nitrogens is 1. The van der Waals surface area contributed by atoms with E-state index < -0.39 is 12.1 Å². The first-order chi connectivity index (χ1) is 22.5. The fraction of sp³-hybridized carbons (Fsp3) is 0.194. The van der Waals surface area contributed by atoms with Crippen LogP contribution in [-0.4, -0.2) is 43.7 Å². The zero-order valence-electron chi connectivity index (χ0n) is 25.7. The Morgan fingerprint density at radius 2 is 1.50 bits per heavy atom. The third-order valence-electron chi connectivity index (χ3n) is 7.89. The van der Waals surface area contributed by atoms with Crippen molar-refractivity contribution < 1.29 is 14.3 Å². The fourth-order valence-electron chi connectivity index (χ4n) is 5.68. The average Bonchev–Trinajstić information content (AvgIpc) is 3.69. The van der Waals surface area contributed by atoms with E-state index in [4.69, 9.17) is 9.84 Å². The molecule has 3 aromatic heterocycles. The molecule has 46 heavy (non-hydrogen) atoms. The molecule has 0 saturated heterocycles. The van der Waals surface area contributed by atoms with Crippen molar-refractivity contribution in [2.45, 2.75) is 38.4 Å². The van der Waals surface area contributed by atoms with Crippen LogP contribution in [0.2, 0.25) is 0 Å². The minimum absolute atomic E-state index is 0.180. The standard InChI is InChI=1S/C36H35N7O3/c1-24(44)39-32(20-25-10-4-3-5-11-25)34-41-42-35(43(34)23-26-15-17-28(46-2)18-16-26)33(40-36(45)31-14-8-9-19-37-31)21-27-22-38-30-13-7-6-12-29(27)30/h3-19,22,32-33,38H,20-21,23H2,1-2H3,(H,39,44)(H,40,45)/t32?,33-/m1/s1. The van der Waals surface area contributed by atoms with E-state index in [9.17, 15) is 9.59 Å². The SMILES string of the molecule is COc1ccc(Cn2c(C(Cc3ccccc3)NC(C)=O)nnc2[C@@H](Cc2c[nH]c3ccccc23)NC(=O)c2ccccn2)cc1. The number of hydrogen-bond acceptors (Lipinski definition) is 6. The van der Waals surface area contributed by atoms with E-state index in [0.29, 0.717) is 36.7 Å². The Morgan fingerprint density at radius 3 is 2.20 bits per heavy atom. The molecule has 3 N–H and O–H groups in total. The van der Waals surface area contributed by atoms with E-state index in [1.54, 1.807) is 31.5 Å². The molecule has 10 nitrogen and oxygen atoms in total. The summed E-state index contributed by atoms with van der Waals surface area (Å²) in [5.74, 6) is 1.38. The summed E-state index contributed by atoms with van der Waals surface area (Å²) in [7, 11) is 1.63. The minimum Gasteiger partial charge on any atom is -0.497 e. The Bertz CT molecular complexity index is 1920. The van der Waals surface area contributed by atoms with Gasteiger partial charge in [0.15, 0.2) is 11.6 Å². The molecule has 1 unspecified atom stereocenters. The molecule has 0 saturated carbocycles. The lowest BCUT2D eigenvalue weighted by molar-refractivity contribution is -0.119. The van der Waals surface area contributed by atoms with Crippen LogP contribution in [0.5, 0.6) is 5.75 Å². The molecule has 0 fully saturated rings. The number of rotatable bonds is 12. The highest BCUT2D eigenvalue weighted by Crippen LogP contribution is 2.28. The molecule has 0 aliphatic carbocycles. The molecule has 2 amide bonds. The summed E-state index contributed by atoms with van der Waals surface area (Å²) in [4.78, 5) is 33.7. The van der Waals surface area contributed by atoms with Gasteiger partial charge in [0.05, 0.1) is 25.7 Å². The van der Waals surface area contributed by atoms with E-state index in [1.165, 1.54) is 6.92 Å². The van der Waals surface area contributed by atoms with Crippen molar-refractivity contribution in [1.29, 1.82) is 0 Å². The van der Waals surface area contributed by atoms with Crippen LogP contribution in [0.3, 0.4) is 0 Å². The van der Waals surface area contributed by atoms with Crippen molar-refractivity contribution in [1.82, 2.24) is 35.4 Å². The average molecular weight is 614 g/mol. The van der Waals surface area contributed by atoms with Gasteiger partial charge in [0.25, 0.3) is 5.91 Å². The van der Waals surface area contributed by atoms with Crippen molar-refractivity contribution >= 4 is 22.7 Å². The summed E-state index contributed by atoms with van der Waals surface area (Å²) in [5.41, 5.74) is 4.34. The number of para-hydroxylation sites is 1. The van der Waals surface area contributed by atoms with Gasteiger partial charge in [-0.05, 0) is 53.4 Å². The molecule has 2 atom stereocenters. The Balaban J connectivity index is 1.46. The van der Waals surface area contributed by atoms with E-state index in [-0.39, 0.29) is 11.8 Å². The number of aromatic amines is 1. The van der Waals surface area contributed by atoms with Crippen LogP contribution in [0, 0.1) is 0 Å². The number of methoxy groups -OCH3 is 1. The third-order valence-corrected chi connectivity index (χ3v) is 7.89. The number of nitrogens with one attached hydrogen (secondary N) is 3. The largest absolute Gasteiger partial charge is 0.497 e. The number of carbonyl (C=O) groups excluding carboxylic acids is 2.